The fraction of sp³-hybridized carbons (Fsp3) is 0.417. The van der Waals surface area contributed by atoms with Gasteiger partial charge in [-0.1, -0.05) is 0 Å². The molecule has 1 aliphatic heterocycles. The molecular weight excluding hydrogens is 218 g/mol. The van der Waals surface area contributed by atoms with Crippen molar-refractivity contribution in [1.29, 1.82) is 0 Å². The van der Waals surface area contributed by atoms with Gasteiger partial charge in [-0.15, -0.1) is 0 Å². The highest BCUT2D eigenvalue weighted by molar-refractivity contribution is 5.96. The highest BCUT2D eigenvalue weighted by atomic mass is 16.5. The molecule has 1 amide bonds. The Morgan fingerprint density at radius 1 is 1.35 bits per heavy atom. The second-order valence-corrected chi connectivity index (χ2v) is 4.33. The fourth-order valence-corrected chi connectivity index (χ4v) is 1.98. The first-order chi connectivity index (χ1) is 8.06. The number of rotatable bonds is 2. The molecule has 0 aliphatic carbocycles. The highest BCUT2D eigenvalue weighted by Crippen LogP contribution is 2.16. The van der Waals surface area contributed by atoms with Crippen LogP contribution < -0.4 is 16.8 Å². The number of anilines is 2. The minimum Gasteiger partial charge on any atom is -0.399 e. The van der Waals surface area contributed by atoms with Crippen LogP contribution in [0.15, 0.2) is 18.2 Å². The SMILES string of the molecule is CC1OCCC1NC(=O)c1cc(N)cc(N)c1. The number of nitrogen functional groups attached to an aromatic ring is 2. The van der Waals surface area contributed by atoms with Gasteiger partial charge in [0.2, 0.25) is 0 Å². The van der Waals surface area contributed by atoms with Gasteiger partial charge in [-0.05, 0) is 31.5 Å². The van der Waals surface area contributed by atoms with Crippen molar-refractivity contribution < 1.29 is 9.53 Å². The third-order valence-corrected chi connectivity index (χ3v) is 2.93. The molecule has 0 saturated carbocycles. The van der Waals surface area contributed by atoms with E-state index in [9.17, 15) is 4.79 Å². The Bertz CT molecular complexity index is 414. The van der Waals surface area contributed by atoms with Crippen molar-refractivity contribution in [3.8, 4) is 0 Å². The Morgan fingerprint density at radius 2 is 2.00 bits per heavy atom. The molecule has 5 nitrogen and oxygen atoms in total. The van der Waals surface area contributed by atoms with Crippen molar-refractivity contribution in [2.45, 2.75) is 25.5 Å². The van der Waals surface area contributed by atoms with E-state index in [1.807, 2.05) is 6.92 Å². The molecule has 1 aromatic carbocycles. The van der Waals surface area contributed by atoms with Gasteiger partial charge >= 0.3 is 0 Å². The summed E-state index contributed by atoms with van der Waals surface area (Å²) in [4.78, 5) is 12.0. The van der Waals surface area contributed by atoms with Crippen molar-refractivity contribution in [2.75, 3.05) is 18.1 Å². The first kappa shape index (κ1) is 11.7. The van der Waals surface area contributed by atoms with Gasteiger partial charge in [-0.3, -0.25) is 4.79 Å². The summed E-state index contributed by atoms with van der Waals surface area (Å²) in [6, 6.07) is 4.92. The Morgan fingerprint density at radius 3 is 2.53 bits per heavy atom. The lowest BCUT2D eigenvalue weighted by Crippen LogP contribution is -2.39. The van der Waals surface area contributed by atoms with Crippen molar-refractivity contribution in [2.24, 2.45) is 0 Å². The molecule has 2 atom stereocenters. The van der Waals surface area contributed by atoms with Crippen LogP contribution in [-0.4, -0.2) is 24.7 Å². The normalized spacial score (nSPS) is 23.6. The van der Waals surface area contributed by atoms with Gasteiger partial charge in [0.1, 0.15) is 0 Å². The summed E-state index contributed by atoms with van der Waals surface area (Å²) in [5, 5.41) is 2.92. The molecule has 2 rings (SSSR count). The molecule has 1 aliphatic rings. The molecule has 17 heavy (non-hydrogen) atoms. The molecule has 5 heteroatoms. The summed E-state index contributed by atoms with van der Waals surface area (Å²) in [5.41, 5.74) is 12.8. The molecule has 0 aromatic heterocycles. The molecule has 1 fully saturated rings. The zero-order valence-electron chi connectivity index (χ0n) is 9.77. The van der Waals surface area contributed by atoms with Crippen LogP contribution in [0.25, 0.3) is 0 Å². The number of ether oxygens (including phenoxy) is 1. The van der Waals surface area contributed by atoms with Gasteiger partial charge in [0.15, 0.2) is 0 Å². The molecule has 2 unspecified atom stereocenters. The second-order valence-electron chi connectivity index (χ2n) is 4.33. The zero-order valence-corrected chi connectivity index (χ0v) is 9.77. The predicted molar refractivity (Wildman–Crippen MR) is 66.6 cm³/mol. The molecule has 0 bridgehead atoms. The Balaban J connectivity index is 2.09. The smallest absolute Gasteiger partial charge is 0.251 e. The number of amides is 1. The Kier molecular flexibility index (Phi) is 3.19. The van der Waals surface area contributed by atoms with Crippen LogP contribution in [0.5, 0.6) is 0 Å². The summed E-state index contributed by atoms with van der Waals surface area (Å²) in [5.74, 6) is -0.161. The van der Waals surface area contributed by atoms with E-state index in [2.05, 4.69) is 5.32 Å². The summed E-state index contributed by atoms with van der Waals surface area (Å²) >= 11 is 0. The maximum Gasteiger partial charge on any atom is 0.251 e. The summed E-state index contributed by atoms with van der Waals surface area (Å²) < 4.78 is 5.39. The minimum atomic E-state index is -0.161. The van der Waals surface area contributed by atoms with E-state index < -0.39 is 0 Å². The number of benzene rings is 1. The van der Waals surface area contributed by atoms with E-state index in [0.717, 1.165) is 6.42 Å². The quantitative estimate of drug-likeness (QED) is 0.660. The van der Waals surface area contributed by atoms with Crippen molar-refractivity contribution >= 4 is 17.3 Å². The lowest BCUT2D eigenvalue weighted by atomic mass is 10.1. The average molecular weight is 235 g/mol. The second kappa shape index (κ2) is 4.63. The summed E-state index contributed by atoms with van der Waals surface area (Å²) in [6.45, 7) is 2.64. The van der Waals surface area contributed by atoms with E-state index in [1.54, 1.807) is 18.2 Å². The number of hydrogen-bond acceptors (Lipinski definition) is 4. The van der Waals surface area contributed by atoms with E-state index in [-0.39, 0.29) is 18.1 Å². The summed E-state index contributed by atoms with van der Waals surface area (Å²) in [6.07, 6.45) is 0.891. The van der Waals surface area contributed by atoms with Crippen LogP contribution in [0, 0.1) is 0 Å². The first-order valence-corrected chi connectivity index (χ1v) is 5.65. The number of hydrogen-bond donors (Lipinski definition) is 3. The van der Waals surface area contributed by atoms with Crippen LogP contribution in [0.2, 0.25) is 0 Å². The van der Waals surface area contributed by atoms with Gasteiger partial charge in [0.25, 0.3) is 5.91 Å². The molecule has 5 N–H and O–H groups in total. The van der Waals surface area contributed by atoms with Crippen LogP contribution in [0.1, 0.15) is 23.7 Å². The Labute approximate surface area is 100 Å². The minimum absolute atomic E-state index is 0.0531. The number of nitrogens with one attached hydrogen (secondary N) is 1. The van der Waals surface area contributed by atoms with Crippen LogP contribution in [0.3, 0.4) is 0 Å². The zero-order chi connectivity index (χ0) is 12.4. The van der Waals surface area contributed by atoms with Gasteiger partial charge in [-0.2, -0.15) is 0 Å². The highest BCUT2D eigenvalue weighted by Gasteiger charge is 2.26. The van der Waals surface area contributed by atoms with Crippen LogP contribution >= 0.6 is 0 Å². The Hall–Kier alpha value is -1.75. The maximum absolute atomic E-state index is 12.0. The monoisotopic (exact) mass is 235 g/mol. The first-order valence-electron chi connectivity index (χ1n) is 5.65. The van der Waals surface area contributed by atoms with E-state index in [1.165, 1.54) is 0 Å². The number of carbonyl (C=O) groups excluding carboxylic acids is 1. The summed E-state index contributed by atoms with van der Waals surface area (Å²) in [7, 11) is 0. The number of carbonyl (C=O) groups is 1. The topological polar surface area (TPSA) is 90.4 Å². The van der Waals surface area contributed by atoms with E-state index in [0.29, 0.717) is 23.5 Å². The van der Waals surface area contributed by atoms with Gasteiger partial charge < -0.3 is 21.5 Å². The molecular formula is C12H17N3O2. The standard InChI is InChI=1S/C12H17N3O2/c1-7-11(2-3-17-7)15-12(16)8-4-9(13)6-10(14)5-8/h4-7,11H,2-3,13-14H2,1H3,(H,15,16). The fourth-order valence-electron chi connectivity index (χ4n) is 1.98. The lowest BCUT2D eigenvalue weighted by Gasteiger charge is -2.16. The van der Waals surface area contributed by atoms with Crippen molar-refractivity contribution in [3.05, 3.63) is 23.8 Å². The van der Waals surface area contributed by atoms with Crippen LogP contribution in [0.4, 0.5) is 11.4 Å². The third-order valence-electron chi connectivity index (χ3n) is 2.93. The molecule has 0 spiro atoms. The lowest BCUT2D eigenvalue weighted by molar-refractivity contribution is 0.0866. The predicted octanol–water partition coefficient (Wildman–Crippen LogP) is 0.758. The number of nitrogens with two attached hydrogens (primary N) is 2. The van der Waals surface area contributed by atoms with Crippen molar-refractivity contribution in [1.82, 2.24) is 5.32 Å². The van der Waals surface area contributed by atoms with Gasteiger partial charge in [0, 0.05) is 23.5 Å². The molecule has 1 aromatic rings. The molecule has 0 radical (unpaired) electrons. The van der Waals surface area contributed by atoms with E-state index in [4.69, 9.17) is 16.2 Å². The largest absolute Gasteiger partial charge is 0.399 e. The molecule has 1 heterocycles. The average Bonchev–Trinajstić information content (AvgIpc) is 2.63. The van der Waals surface area contributed by atoms with E-state index >= 15 is 0 Å². The van der Waals surface area contributed by atoms with Crippen molar-refractivity contribution in [3.63, 3.8) is 0 Å². The van der Waals surface area contributed by atoms with Crippen LogP contribution in [-0.2, 0) is 4.74 Å². The van der Waals surface area contributed by atoms with Gasteiger partial charge in [-0.25, -0.2) is 0 Å². The van der Waals surface area contributed by atoms with Gasteiger partial charge in [0.05, 0.1) is 12.1 Å². The maximum atomic E-state index is 12.0. The molecule has 1 saturated heterocycles. The molecule has 92 valence electrons. The third kappa shape index (κ3) is 2.68.